The molecule has 1 aromatic carbocycles. The molecule has 0 bridgehead atoms. The van der Waals surface area contributed by atoms with E-state index in [-0.39, 0.29) is 15.4 Å². The maximum atomic E-state index is 13.1. The highest BCUT2D eigenvalue weighted by molar-refractivity contribution is 9.10. The monoisotopic (exact) mass is 363 g/mol. The smallest absolute Gasteiger partial charge is 0.208 e. The highest BCUT2D eigenvalue weighted by atomic mass is 79.9. The van der Waals surface area contributed by atoms with Crippen molar-refractivity contribution in [3.8, 4) is 0 Å². The number of sulfonamides is 1. The van der Waals surface area contributed by atoms with Crippen molar-refractivity contribution in [2.45, 2.75) is 44.0 Å². The minimum absolute atomic E-state index is 0.0480. The predicted molar refractivity (Wildman–Crippen MR) is 80.4 cm³/mol. The number of rotatable bonds is 3. The van der Waals surface area contributed by atoms with Gasteiger partial charge in [0.15, 0.2) is 0 Å². The summed E-state index contributed by atoms with van der Waals surface area (Å²) < 4.78 is 40.9. The van der Waals surface area contributed by atoms with Gasteiger partial charge in [-0.15, -0.1) is 0 Å². The van der Waals surface area contributed by atoms with Gasteiger partial charge in [0.05, 0.1) is 4.90 Å². The van der Waals surface area contributed by atoms with E-state index in [4.69, 9.17) is 0 Å². The summed E-state index contributed by atoms with van der Waals surface area (Å²) in [4.78, 5) is 0.0877. The van der Waals surface area contributed by atoms with E-state index in [1.54, 1.807) is 0 Å². The molecule has 2 rings (SSSR count). The average Bonchev–Trinajstić information content (AvgIpc) is 2.32. The molecule has 112 valence electrons. The molecule has 1 fully saturated rings. The lowest BCUT2D eigenvalue weighted by atomic mass is 9.80. The zero-order chi connectivity index (χ0) is 14.9. The Labute approximate surface area is 128 Å². The molecular weight excluding hydrogens is 345 g/mol. The first-order valence-electron chi connectivity index (χ1n) is 6.77. The van der Waals surface area contributed by atoms with Gasteiger partial charge in [-0.05, 0) is 65.2 Å². The van der Waals surface area contributed by atoms with Crippen LogP contribution >= 0.6 is 15.9 Å². The first kappa shape index (κ1) is 15.9. The van der Waals surface area contributed by atoms with Gasteiger partial charge in [0.25, 0.3) is 0 Å². The molecule has 0 saturated heterocycles. The Bertz CT molecular complexity index is 591. The minimum Gasteiger partial charge on any atom is -0.208 e. The second-order valence-electron chi connectivity index (χ2n) is 5.70. The second-order valence-corrected chi connectivity index (χ2v) is 8.23. The van der Waals surface area contributed by atoms with Crippen LogP contribution < -0.4 is 4.72 Å². The van der Waals surface area contributed by atoms with E-state index in [9.17, 15) is 12.8 Å². The summed E-state index contributed by atoms with van der Waals surface area (Å²) in [6.45, 7) is 4.26. The van der Waals surface area contributed by atoms with E-state index >= 15 is 0 Å². The fourth-order valence-electron chi connectivity index (χ4n) is 2.80. The minimum atomic E-state index is -3.62. The summed E-state index contributed by atoms with van der Waals surface area (Å²) in [5.41, 5.74) is 0. The number of hydrogen-bond acceptors (Lipinski definition) is 2. The largest absolute Gasteiger partial charge is 0.241 e. The number of nitrogens with one attached hydrogen (secondary N) is 1. The molecule has 1 aliphatic carbocycles. The molecule has 1 aromatic rings. The van der Waals surface area contributed by atoms with Gasteiger partial charge < -0.3 is 0 Å². The third-order valence-corrected chi connectivity index (χ3v) is 6.39. The molecule has 0 heterocycles. The topological polar surface area (TPSA) is 46.2 Å². The predicted octanol–water partition coefficient (Wildman–Crippen LogP) is 3.69. The molecular formula is C14H19BrFNO2S. The lowest BCUT2D eigenvalue weighted by Crippen LogP contribution is -2.42. The van der Waals surface area contributed by atoms with Gasteiger partial charge in [0.2, 0.25) is 10.0 Å². The fraction of sp³-hybridized carbons (Fsp3) is 0.571. The van der Waals surface area contributed by atoms with Crippen LogP contribution in [0.5, 0.6) is 0 Å². The Morgan fingerprint density at radius 3 is 2.60 bits per heavy atom. The first-order chi connectivity index (χ1) is 9.29. The van der Waals surface area contributed by atoms with Crippen LogP contribution in [0.2, 0.25) is 0 Å². The third-order valence-electron chi connectivity index (χ3n) is 3.92. The van der Waals surface area contributed by atoms with Gasteiger partial charge in [0, 0.05) is 10.5 Å². The van der Waals surface area contributed by atoms with Crippen LogP contribution in [0.25, 0.3) is 0 Å². The average molecular weight is 364 g/mol. The van der Waals surface area contributed by atoms with Crippen LogP contribution in [0.3, 0.4) is 0 Å². The maximum absolute atomic E-state index is 13.1. The van der Waals surface area contributed by atoms with Crippen molar-refractivity contribution in [2.75, 3.05) is 0 Å². The maximum Gasteiger partial charge on any atom is 0.241 e. The Balaban J connectivity index is 2.19. The number of hydrogen-bond donors (Lipinski definition) is 1. The molecule has 1 N–H and O–H groups in total. The summed E-state index contributed by atoms with van der Waals surface area (Å²) in [6.07, 6.45) is 2.90. The van der Waals surface area contributed by atoms with Crippen molar-refractivity contribution < 1.29 is 12.8 Å². The Morgan fingerprint density at radius 2 is 2.00 bits per heavy atom. The van der Waals surface area contributed by atoms with Crippen LogP contribution in [-0.2, 0) is 10.0 Å². The van der Waals surface area contributed by atoms with Crippen molar-refractivity contribution in [1.29, 1.82) is 0 Å². The van der Waals surface area contributed by atoms with E-state index in [1.165, 1.54) is 12.1 Å². The van der Waals surface area contributed by atoms with Crippen molar-refractivity contribution in [3.05, 3.63) is 28.5 Å². The van der Waals surface area contributed by atoms with Crippen LogP contribution in [0, 0.1) is 17.7 Å². The normalized spacial score (nSPS) is 27.5. The van der Waals surface area contributed by atoms with Gasteiger partial charge in [-0.3, -0.25) is 0 Å². The van der Waals surface area contributed by atoms with Crippen molar-refractivity contribution >= 4 is 26.0 Å². The van der Waals surface area contributed by atoms with E-state index in [0.29, 0.717) is 11.8 Å². The van der Waals surface area contributed by atoms with E-state index in [2.05, 4.69) is 34.5 Å². The zero-order valence-corrected chi connectivity index (χ0v) is 14.0. The Morgan fingerprint density at radius 1 is 1.30 bits per heavy atom. The van der Waals surface area contributed by atoms with E-state index < -0.39 is 15.8 Å². The number of benzene rings is 1. The number of halogens is 2. The molecule has 3 atom stereocenters. The molecule has 0 aromatic heterocycles. The zero-order valence-electron chi connectivity index (χ0n) is 11.6. The van der Waals surface area contributed by atoms with Gasteiger partial charge in [0.1, 0.15) is 5.82 Å². The van der Waals surface area contributed by atoms with Crippen LogP contribution in [-0.4, -0.2) is 14.5 Å². The quantitative estimate of drug-likeness (QED) is 0.889. The molecule has 6 heteroatoms. The second kappa shape index (κ2) is 6.12. The molecule has 0 spiro atoms. The molecule has 3 unspecified atom stereocenters. The third kappa shape index (κ3) is 3.59. The highest BCUT2D eigenvalue weighted by Crippen LogP contribution is 2.30. The standard InChI is InChI=1S/C14H19BrFNO2S/c1-9-3-5-13(10(2)7-9)17-20(18,19)14-6-4-11(16)8-12(14)15/h4,6,8-10,13,17H,3,5,7H2,1-2H3. The Kier molecular flexibility index (Phi) is 4.87. The van der Waals surface area contributed by atoms with Crippen LogP contribution in [0.15, 0.2) is 27.6 Å². The van der Waals surface area contributed by atoms with Gasteiger partial charge in [-0.1, -0.05) is 13.8 Å². The molecule has 0 radical (unpaired) electrons. The molecule has 0 amide bonds. The van der Waals surface area contributed by atoms with Crippen molar-refractivity contribution in [2.24, 2.45) is 11.8 Å². The molecule has 3 nitrogen and oxygen atoms in total. The SMILES string of the molecule is CC1CCC(NS(=O)(=O)c2ccc(F)cc2Br)C(C)C1. The molecule has 20 heavy (non-hydrogen) atoms. The lowest BCUT2D eigenvalue weighted by Gasteiger charge is -2.32. The van der Waals surface area contributed by atoms with Gasteiger partial charge >= 0.3 is 0 Å². The highest BCUT2D eigenvalue weighted by Gasteiger charge is 2.30. The summed E-state index contributed by atoms with van der Waals surface area (Å²) in [5.74, 6) is 0.492. The van der Waals surface area contributed by atoms with Crippen molar-refractivity contribution in [3.63, 3.8) is 0 Å². The molecule has 1 aliphatic rings. The van der Waals surface area contributed by atoms with Gasteiger partial charge in [-0.25, -0.2) is 17.5 Å². The van der Waals surface area contributed by atoms with E-state index in [1.807, 2.05) is 0 Å². The van der Waals surface area contributed by atoms with Crippen molar-refractivity contribution in [1.82, 2.24) is 4.72 Å². The summed E-state index contributed by atoms with van der Waals surface area (Å²) in [7, 11) is -3.62. The lowest BCUT2D eigenvalue weighted by molar-refractivity contribution is 0.249. The van der Waals surface area contributed by atoms with E-state index in [0.717, 1.165) is 25.3 Å². The van der Waals surface area contributed by atoms with Gasteiger partial charge in [-0.2, -0.15) is 0 Å². The molecule has 1 saturated carbocycles. The molecule has 0 aliphatic heterocycles. The first-order valence-corrected chi connectivity index (χ1v) is 9.04. The summed E-state index contributed by atoms with van der Waals surface area (Å²) >= 11 is 3.11. The summed E-state index contributed by atoms with van der Waals surface area (Å²) in [5, 5.41) is 0. The van der Waals surface area contributed by atoms with Crippen LogP contribution in [0.1, 0.15) is 33.1 Å². The summed E-state index contributed by atoms with van der Waals surface area (Å²) in [6, 6.07) is 3.57. The Hall–Kier alpha value is -0.460. The fourth-order valence-corrected chi connectivity index (χ4v) is 5.23. The van der Waals surface area contributed by atoms with Crippen LogP contribution in [0.4, 0.5) is 4.39 Å².